The largest absolute Gasteiger partial charge is 0.481 e. The van der Waals surface area contributed by atoms with Crippen LogP contribution in [0.15, 0.2) is 11.1 Å². The molecule has 18 heavy (non-hydrogen) atoms. The number of nitrogens with zero attached hydrogens (tertiary/aromatic N) is 1. The molecule has 0 bridgehead atoms. The van der Waals surface area contributed by atoms with Gasteiger partial charge in [-0.1, -0.05) is 6.92 Å². The third-order valence-corrected chi connectivity index (χ3v) is 3.39. The van der Waals surface area contributed by atoms with Gasteiger partial charge in [0.05, 0.1) is 0 Å². The molecule has 100 valence electrons. The molecule has 0 spiro atoms. The van der Waals surface area contributed by atoms with Crippen molar-refractivity contribution < 1.29 is 19.5 Å². The molecule has 2 amide bonds. The number of aliphatic carboxylic acids is 1. The molecule has 0 saturated heterocycles. The van der Waals surface area contributed by atoms with Crippen LogP contribution in [0.1, 0.15) is 40.0 Å². The van der Waals surface area contributed by atoms with E-state index in [1.54, 1.807) is 13.8 Å². The minimum absolute atomic E-state index is 0.124. The maximum Gasteiger partial charge on any atom is 0.303 e. The fourth-order valence-electron chi connectivity index (χ4n) is 1.88. The van der Waals surface area contributed by atoms with Crippen LogP contribution in [0.4, 0.5) is 0 Å². The molecule has 5 heteroatoms. The molecular formula is C13H19NO4. The van der Waals surface area contributed by atoms with Gasteiger partial charge in [-0.15, -0.1) is 0 Å². The molecule has 0 aromatic rings. The van der Waals surface area contributed by atoms with Gasteiger partial charge in [-0.2, -0.15) is 0 Å². The molecule has 0 aromatic heterocycles. The van der Waals surface area contributed by atoms with Crippen molar-refractivity contribution in [3.8, 4) is 0 Å². The molecule has 0 saturated carbocycles. The number of carboxylic acids is 1. The number of rotatable bonds is 6. The summed E-state index contributed by atoms with van der Waals surface area (Å²) in [5.74, 6) is -1.07. The van der Waals surface area contributed by atoms with Crippen molar-refractivity contribution in [1.29, 1.82) is 0 Å². The number of carbonyl (C=O) groups excluding carboxylic acids is 2. The van der Waals surface area contributed by atoms with E-state index in [0.717, 1.165) is 0 Å². The van der Waals surface area contributed by atoms with Gasteiger partial charge >= 0.3 is 5.97 Å². The SMILES string of the molecule is CC1=C(C)C(=O)N(CCC(C)CCC(=O)O)C1=O. The molecule has 1 aliphatic rings. The van der Waals surface area contributed by atoms with Gasteiger partial charge in [0.15, 0.2) is 0 Å². The predicted octanol–water partition coefficient (Wildman–Crippen LogP) is 1.58. The predicted molar refractivity (Wildman–Crippen MR) is 65.7 cm³/mol. The van der Waals surface area contributed by atoms with Crippen molar-refractivity contribution in [1.82, 2.24) is 4.90 Å². The smallest absolute Gasteiger partial charge is 0.303 e. The molecule has 1 atom stereocenters. The number of hydrogen-bond acceptors (Lipinski definition) is 3. The molecule has 1 aliphatic heterocycles. The van der Waals surface area contributed by atoms with E-state index in [1.807, 2.05) is 6.92 Å². The van der Waals surface area contributed by atoms with E-state index in [1.165, 1.54) is 4.90 Å². The van der Waals surface area contributed by atoms with E-state index in [4.69, 9.17) is 5.11 Å². The van der Waals surface area contributed by atoms with Crippen LogP contribution in [0.2, 0.25) is 0 Å². The number of imide groups is 1. The zero-order valence-corrected chi connectivity index (χ0v) is 11.0. The van der Waals surface area contributed by atoms with E-state index in [2.05, 4.69) is 0 Å². The van der Waals surface area contributed by atoms with Crippen LogP contribution in [0.25, 0.3) is 0 Å². The van der Waals surface area contributed by atoms with Gasteiger partial charge in [-0.25, -0.2) is 0 Å². The summed E-state index contributed by atoms with van der Waals surface area (Å²) in [7, 11) is 0. The average molecular weight is 253 g/mol. The second-order valence-electron chi connectivity index (χ2n) is 4.84. The first-order chi connectivity index (χ1) is 8.34. The normalized spacial score (nSPS) is 17.6. The second kappa shape index (κ2) is 5.80. The highest BCUT2D eigenvalue weighted by Gasteiger charge is 2.32. The van der Waals surface area contributed by atoms with Crippen molar-refractivity contribution in [2.75, 3.05) is 6.54 Å². The van der Waals surface area contributed by atoms with Crippen molar-refractivity contribution in [3.05, 3.63) is 11.1 Å². The summed E-state index contributed by atoms with van der Waals surface area (Å²) >= 11 is 0. The Morgan fingerprint density at radius 1 is 1.17 bits per heavy atom. The maximum absolute atomic E-state index is 11.8. The standard InChI is InChI=1S/C13H19NO4/c1-8(4-5-11(15)16)6-7-14-12(17)9(2)10(3)13(14)18/h8H,4-7H2,1-3H3,(H,15,16). The summed E-state index contributed by atoms with van der Waals surface area (Å²) in [6, 6.07) is 0. The van der Waals surface area contributed by atoms with Crippen LogP contribution in [-0.4, -0.2) is 34.3 Å². The number of carbonyl (C=O) groups is 3. The van der Waals surface area contributed by atoms with Gasteiger partial charge in [0.2, 0.25) is 0 Å². The van der Waals surface area contributed by atoms with Gasteiger partial charge in [-0.05, 0) is 32.6 Å². The lowest BCUT2D eigenvalue weighted by molar-refractivity contribution is -0.139. The molecule has 0 aliphatic carbocycles. The van der Waals surface area contributed by atoms with Crippen LogP contribution in [-0.2, 0) is 14.4 Å². The number of amides is 2. The minimum atomic E-state index is -0.816. The lowest BCUT2D eigenvalue weighted by atomic mass is 10.0. The summed E-state index contributed by atoms with van der Waals surface area (Å²) in [6.07, 6.45) is 1.33. The molecule has 1 heterocycles. The molecule has 1 N–H and O–H groups in total. The molecule has 0 fully saturated rings. The van der Waals surface area contributed by atoms with Crippen LogP contribution < -0.4 is 0 Å². The first kappa shape index (κ1) is 14.4. The number of carboxylic acid groups (broad SMARTS) is 1. The Balaban J connectivity index is 2.44. The molecule has 1 rings (SSSR count). The molecule has 0 radical (unpaired) electrons. The van der Waals surface area contributed by atoms with Gasteiger partial charge in [0, 0.05) is 24.1 Å². The monoisotopic (exact) mass is 253 g/mol. The fourth-order valence-corrected chi connectivity index (χ4v) is 1.88. The Labute approximate surface area is 106 Å². The first-order valence-corrected chi connectivity index (χ1v) is 6.10. The first-order valence-electron chi connectivity index (χ1n) is 6.10. The molecular weight excluding hydrogens is 234 g/mol. The quantitative estimate of drug-likeness (QED) is 0.729. The maximum atomic E-state index is 11.8. The van der Waals surface area contributed by atoms with Crippen molar-refractivity contribution in [3.63, 3.8) is 0 Å². The topological polar surface area (TPSA) is 74.7 Å². The molecule has 1 unspecified atom stereocenters. The van der Waals surface area contributed by atoms with Gasteiger partial charge in [0.25, 0.3) is 11.8 Å². The highest BCUT2D eigenvalue weighted by atomic mass is 16.4. The van der Waals surface area contributed by atoms with Crippen molar-refractivity contribution in [2.45, 2.75) is 40.0 Å². The van der Waals surface area contributed by atoms with Crippen molar-refractivity contribution >= 4 is 17.8 Å². The third-order valence-electron chi connectivity index (χ3n) is 3.39. The summed E-state index contributed by atoms with van der Waals surface area (Å²) in [6.45, 7) is 5.61. The Morgan fingerprint density at radius 2 is 1.67 bits per heavy atom. The Morgan fingerprint density at radius 3 is 2.11 bits per heavy atom. The summed E-state index contributed by atoms with van der Waals surface area (Å²) in [5, 5.41) is 8.57. The fraction of sp³-hybridized carbons (Fsp3) is 0.615. The highest BCUT2D eigenvalue weighted by molar-refractivity contribution is 6.18. The summed E-state index contributed by atoms with van der Waals surface area (Å²) < 4.78 is 0. The average Bonchev–Trinajstić information content (AvgIpc) is 2.49. The van der Waals surface area contributed by atoms with Crippen LogP contribution in [0.5, 0.6) is 0 Å². The van der Waals surface area contributed by atoms with Crippen LogP contribution in [0, 0.1) is 5.92 Å². The Kier molecular flexibility index (Phi) is 4.64. The highest BCUT2D eigenvalue weighted by Crippen LogP contribution is 2.21. The Hall–Kier alpha value is -1.65. The molecule has 5 nitrogen and oxygen atoms in total. The van der Waals surface area contributed by atoms with Crippen molar-refractivity contribution in [2.24, 2.45) is 5.92 Å². The van der Waals surface area contributed by atoms with E-state index >= 15 is 0 Å². The van der Waals surface area contributed by atoms with E-state index in [9.17, 15) is 14.4 Å². The zero-order valence-electron chi connectivity index (χ0n) is 11.0. The van der Waals surface area contributed by atoms with Gasteiger partial charge in [0.1, 0.15) is 0 Å². The van der Waals surface area contributed by atoms with Crippen LogP contribution in [0.3, 0.4) is 0 Å². The minimum Gasteiger partial charge on any atom is -0.481 e. The van der Waals surface area contributed by atoms with Crippen LogP contribution >= 0.6 is 0 Å². The van der Waals surface area contributed by atoms with E-state index in [0.29, 0.717) is 30.5 Å². The van der Waals surface area contributed by atoms with Gasteiger partial charge < -0.3 is 5.11 Å². The van der Waals surface area contributed by atoms with E-state index < -0.39 is 5.97 Å². The summed E-state index contributed by atoms with van der Waals surface area (Å²) in [4.78, 5) is 35.2. The number of hydrogen-bond donors (Lipinski definition) is 1. The zero-order chi connectivity index (χ0) is 13.9. The Bertz CT molecular complexity index is 387. The summed E-state index contributed by atoms with van der Waals surface area (Å²) in [5.41, 5.74) is 1.02. The lowest BCUT2D eigenvalue weighted by Crippen LogP contribution is -2.33. The second-order valence-corrected chi connectivity index (χ2v) is 4.84. The van der Waals surface area contributed by atoms with E-state index in [-0.39, 0.29) is 24.2 Å². The lowest BCUT2D eigenvalue weighted by Gasteiger charge is -2.17. The third kappa shape index (κ3) is 3.18. The van der Waals surface area contributed by atoms with Gasteiger partial charge in [-0.3, -0.25) is 19.3 Å². The molecule has 0 aromatic carbocycles.